The lowest BCUT2D eigenvalue weighted by Crippen LogP contribution is -2.22. The average Bonchev–Trinajstić information content (AvgIpc) is 2.64. The van der Waals surface area contributed by atoms with E-state index in [1.807, 2.05) is 10.6 Å². The molecule has 0 spiro atoms. The van der Waals surface area contributed by atoms with Crippen LogP contribution in [0.15, 0.2) is 46.2 Å². The number of aliphatic carboxylic acids is 2. The summed E-state index contributed by atoms with van der Waals surface area (Å²) in [4.78, 5) is 41.3. The molecule has 2 aromatic rings. The molecule has 0 atom stereocenters. The van der Waals surface area contributed by atoms with Crippen LogP contribution >= 0.6 is 0 Å². The van der Waals surface area contributed by atoms with Crippen molar-refractivity contribution in [1.29, 1.82) is 0 Å². The molecule has 0 unspecified atom stereocenters. The molecule has 2 aromatic carbocycles. The lowest BCUT2D eigenvalue weighted by atomic mass is 10.3. The molecule has 0 aliphatic carbocycles. The highest BCUT2D eigenvalue weighted by molar-refractivity contribution is 7.91. The maximum absolute atomic E-state index is 14.1. The molecule has 13 heteroatoms. The van der Waals surface area contributed by atoms with Gasteiger partial charge in [-0.15, -0.1) is 0 Å². The number of nitrogens with one attached hydrogen (secondary N) is 2. The summed E-state index contributed by atoms with van der Waals surface area (Å²) >= 11 is 0. The van der Waals surface area contributed by atoms with Crippen molar-refractivity contribution in [3.8, 4) is 0 Å². The van der Waals surface area contributed by atoms with Crippen molar-refractivity contribution in [3.05, 3.63) is 48.0 Å². The van der Waals surface area contributed by atoms with E-state index in [1.165, 1.54) is 0 Å². The molecule has 0 aromatic heterocycles. The number of carbonyl (C=O) groups is 4. The van der Waals surface area contributed by atoms with E-state index >= 15 is 0 Å². The third-order valence-electron chi connectivity index (χ3n) is 3.35. The summed E-state index contributed by atoms with van der Waals surface area (Å²) in [6.07, 6.45) is 0. The molecule has 4 N–H and O–H groups in total. The molecule has 0 aliphatic heterocycles. The minimum absolute atomic E-state index is 0.395. The fourth-order valence-electron chi connectivity index (χ4n) is 2.06. The molecule has 152 valence electrons. The number of hydrogen-bond donors (Lipinski definition) is 4. The number of anilines is 2. The highest BCUT2D eigenvalue weighted by Crippen LogP contribution is 2.29. The van der Waals surface area contributed by atoms with E-state index in [2.05, 4.69) is 0 Å². The lowest BCUT2D eigenvalue weighted by molar-refractivity contribution is -0.147. The van der Waals surface area contributed by atoms with Crippen LogP contribution in [0.25, 0.3) is 0 Å². The SMILES string of the molecule is O=C(O)C(=O)Nc1ccc(F)c(S(=O)(=O)c2cc(NC(=O)C(=O)O)ccc2F)c1. The molecule has 0 aliphatic rings. The zero-order chi connectivity index (χ0) is 21.9. The molecule has 0 saturated carbocycles. The predicted molar refractivity (Wildman–Crippen MR) is 90.8 cm³/mol. The van der Waals surface area contributed by atoms with Gasteiger partial charge >= 0.3 is 23.8 Å². The van der Waals surface area contributed by atoms with Gasteiger partial charge in [0.15, 0.2) is 0 Å². The largest absolute Gasteiger partial charge is 0.474 e. The van der Waals surface area contributed by atoms with E-state index in [4.69, 9.17) is 10.2 Å². The molecule has 0 saturated heterocycles. The van der Waals surface area contributed by atoms with Crippen molar-refractivity contribution >= 4 is 45.0 Å². The molecular weight excluding hydrogens is 418 g/mol. The molecule has 2 rings (SSSR count). The number of hydrogen-bond acceptors (Lipinski definition) is 6. The summed E-state index contributed by atoms with van der Waals surface area (Å²) in [6.45, 7) is 0. The van der Waals surface area contributed by atoms with Crippen molar-refractivity contribution < 1.29 is 46.6 Å². The Morgan fingerprint density at radius 1 is 0.724 bits per heavy atom. The van der Waals surface area contributed by atoms with Gasteiger partial charge in [-0.1, -0.05) is 0 Å². The predicted octanol–water partition coefficient (Wildman–Crippen LogP) is 0.844. The van der Waals surface area contributed by atoms with Crippen molar-refractivity contribution in [1.82, 2.24) is 0 Å². The van der Waals surface area contributed by atoms with Gasteiger partial charge in [-0.2, -0.15) is 0 Å². The number of sulfone groups is 1. The van der Waals surface area contributed by atoms with Crippen LogP contribution in [0, 0.1) is 11.6 Å². The van der Waals surface area contributed by atoms with Crippen LogP contribution in [0.3, 0.4) is 0 Å². The summed E-state index contributed by atoms with van der Waals surface area (Å²) in [5.74, 6) is -9.48. The molecule has 2 amide bonds. The second-order valence-corrected chi connectivity index (χ2v) is 7.20. The normalized spacial score (nSPS) is 10.8. The summed E-state index contributed by atoms with van der Waals surface area (Å²) in [7, 11) is -4.90. The number of halogens is 2. The minimum atomic E-state index is -4.90. The summed E-state index contributed by atoms with van der Waals surface area (Å²) in [5, 5.41) is 20.7. The van der Waals surface area contributed by atoms with E-state index in [1.54, 1.807) is 0 Å². The minimum Gasteiger partial charge on any atom is -0.474 e. The number of benzene rings is 2. The van der Waals surface area contributed by atoms with Gasteiger partial charge in [0.05, 0.1) is 0 Å². The van der Waals surface area contributed by atoms with Gasteiger partial charge in [-0.3, -0.25) is 9.59 Å². The zero-order valence-electron chi connectivity index (χ0n) is 14.0. The van der Waals surface area contributed by atoms with Crippen LogP contribution in [0.1, 0.15) is 0 Å². The first-order valence-electron chi connectivity index (χ1n) is 7.36. The highest BCUT2D eigenvalue weighted by atomic mass is 32.2. The van der Waals surface area contributed by atoms with Gasteiger partial charge in [0.2, 0.25) is 9.84 Å². The maximum atomic E-state index is 14.1. The number of amides is 2. The van der Waals surface area contributed by atoms with Crippen molar-refractivity contribution in [2.24, 2.45) is 0 Å². The Morgan fingerprint density at radius 2 is 1.07 bits per heavy atom. The Kier molecular flexibility index (Phi) is 5.92. The molecule has 0 heterocycles. The molecule has 0 bridgehead atoms. The Balaban J connectivity index is 2.52. The van der Waals surface area contributed by atoms with Crippen molar-refractivity contribution in [2.75, 3.05) is 10.6 Å². The van der Waals surface area contributed by atoms with Crippen LogP contribution in [0.5, 0.6) is 0 Å². The van der Waals surface area contributed by atoms with Crippen molar-refractivity contribution in [2.45, 2.75) is 9.79 Å². The van der Waals surface area contributed by atoms with Crippen LogP contribution < -0.4 is 10.6 Å². The zero-order valence-corrected chi connectivity index (χ0v) is 14.8. The van der Waals surface area contributed by atoms with Crippen LogP contribution in [0.2, 0.25) is 0 Å². The number of rotatable bonds is 4. The van der Waals surface area contributed by atoms with Crippen LogP contribution in [-0.4, -0.2) is 42.4 Å². The molecule has 0 radical (unpaired) electrons. The number of carboxylic acid groups (broad SMARTS) is 2. The Bertz CT molecular complexity index is 1060. The molecular formula is C16H10F2N2O8S. The Hall–Kier alpha value is -3.87. The van der Waals surface area contributed by atoms with E-state index in [0.29, 0.717) is 24.3 Å². The van der Waals surface area contributed by atoms with Gasteiger partial charge in [-0.25, -0.2) is 26.8 Å². The van der Waals surface area contributed by atoms with E-state index in [9.17, 15) is 36.4 Å². The fourth-order valence-corrected chi connectivity index (χ4v) is 3.51. The van der Waals surface area contributed by atoms with E-state index in [0.717, 1.165) is 12.1 Å². The first-order valence-corrected chi connectivity index (χ1v) is 8.84. The Morgan fingerprint density at radius 3 is 1.38 bits per heavy atom. The lowest BCUT2D eigenvalue weighted by Gasteiger charge is -2.11. The standard InChI is InChI=1S/C16H10F2N2O8S/c17-9-3-1-7(19-13(21)15(23)24)5-11(9)29(27,28)12-6-8(2-4-10(12)18)20-14(22)16(25)26/h1-6H,(H,19,21)(H,20,22)(H,23,24)(H,25,26). The molecule has 0 fully saturated rings. The summed E-state index contributed by atoms with van der Waals surface area (Å²) in [6, 6.07) is 4.14. The van der Waals surface area contributed by atoms with E-state index < -0.39 is 66.4 Å². The average molecular weight is 428 g/mol. The van der Waals surface area contributed by atoms with Crippen LogP contribution in [0.4, 0.5) is 20.2 Å². The second-order valence-electron chi connectivity index (χ2n) is 5.31. The highest BCUT2D eigenvalue weighted by Gasteiger charge is 2.27. The van der Waals surface area contributed by atoms with Crippen LogP contribution in [-0.2, 0) is 29.0 Å². The van der Waals surface area contributed by atoms with Gasteiger partial charge in [-0.05, 0) is 36.4 Å². The third kappa shape index (κ3) is 4.70. The quantitative estimate of drug-likeness (QED) is 0.520. The van der Waals surface area contributed by atoms with Crippen molar-refractivity contribution in [3.63, 3.8) is 0 Å². The fraction of sp³-hybridized carbons (Fsp3) is 0. The van der Waals surface area contributed by atoms with Gasteiger partial charge < -0.3 is 20.8 Å². The first-order chi connectivity index (χ1) is 13.4. The van der Waals surface area contributed by atoms with Gasteiger partial charge in [0.25, 0.3) is 0 Å². The molecule has 29 heavy (non-hydrogen) atoms. The number of carbonyl (C=O) groups excluding carboxylic acids is 2. The maximum Gasteiger partial charge on any atom is 0.394 e. The second kappa shape index (κ2) is 8.02. The topological polar surface area (TPSA) is 167 Å². The third-order valence-corrected chi connectivity index (χ3v) is 5.13. The number of carboxylic acids is 2. The van der Waals surface area contributed by atoms with Gasteiger partial charge in [0, 0.05) is 11.4 Å². The molecule has 10 nitrogen and oxygen atoms in total. The first kappa shape index (κ1) is 21.4. The Labute approximate surface area is 160 Å². The summed E-state index contributed by atoms with van der Waals surface area (Å²) in [5.41, 5.74) is -0.791. The summed E-state index contributed by atoms with van der Waals surface area (Å²) < 4.78 is 53.6. The van der Waals surface area contributed by atoms with E-state index in [-0.39, 0.29) is 0 Å². The smallest absolute Gasteiger partial charge is 0.394 e. The van der Waals surface area contributed by atoms with Gasteiger partial charge in [0.1, 0.15) is 21.4 Å². The monoisotopic (exact) mass is 428 g/mol.